The van der Waals surface area contributed by atoms with E-state index in [1.165, 1.54) is 24.3 Å². The number of imide groups is 1. The lowest BCUT2D eigenvalue weighted by atomic mass is 10.1. The zero-order valence-electron chi connectivity index (χ0n) is 15.0. The summed E-state index contributed by atoms with van der Waals surface area (Å²) >= 11 is 0. The number of nitrogens with one attached hydrogen (secondary N) is 1. The van der Waals surface area contributed by atoms with E-state index in [9.17, 15) is 24.0 Å². The second-order valence-corrected chi connectivity index (χ2v) is 5.58. The predicted octanol–water partition coefficient (Wildman–Crippen LogP) is 0.565. The number of anilines is 1. The van der Waals surface area contributed by atoms with Gasteiger partial charge >= 0.3 is 11.9 Å². The molecule has 0 saturated carbocycles. The van der Waals surface area contributed by atoms with E-state index in [1.54, 1.807) is 13.8 Å². The van der Waals surface area contributed by atoms with Crippen LogP contribution in [0.2, 0.25) is 0 Å². The monoisotopic (exact) mass is 376 g/mol. The number of hydrogen-bond donors (Lipinski definition) is 1. The van der Waals surface area contributed by atoms with Crippen molar-refractivity contribution in [2.24, 2.45) is 0 Å². The molecule has 1 aliphatic heterocycles. The zero-order chi connectivity index (χ0) is 20.0. The predicted molar refractivity (Wildman–Crippen MR) is 92.7 cm³/mol. The summed E-state index contributed by atoms with van der Waals surface area (Å²) in [5.74, 6) is -3.15. The third-order valence-electron chi connectivity index (χ3n) is 3.76. The lowest BCUT2D eigenvalue weighted by Gasteiger charge is -2.17. The molecule has 2 rings (SSSR count). The van der Waals surface area contributed by atoms with Crippen molar-refractivity contribution >= 4 is 35.3 Å². The Morgan fingerprint density at radius 3 is 1.89 bits per heavy atom. The number of hydrogen-bond acceptors (Lipinski definition) is 7. The fourth-order valence-electron chi connectivity index (χ4n) is 2.51. The van der Waals surface area contributed by atoms with Gasteiger partial charge in [0.05, 0.1) is 18.9 Å². The van der Waals surface area contributed by atoms with Crippen LogP contribution in [-0.4, -0.2) is 48.9 Å². The summed E-state index contributed by atoms with van der Waals surface area (Å²) in [6, 6.07) is 4.08. The second-order valence-electron chi connectivity index (χ2n) is 5.58. The van der Waals surface area contributed by atoms with E-state index in [0.717, 1.165) is 4.90 Å². The number of rotatable bonds is 7. The number of carbonyl (C=O) groups is 5. The molecule has 0 radical (unpaired) electrons. The summed E-state index contributed by atoms with van der Waals surface area (Å²) in [5, 5.41) is 2.27. The molecule has 0 aliphatic carbocycles. The van der Waals surface area contributed by atoms with Gasteiger partial charge < -0.3 is 14.8 Å². The first kappa shape index (κ1) is 20.1. The van der Waals surface area contributed by atoms with Gasteiger partial charge in [0.1, 0.15) is 0 Å². The molecule has 0 unspecified atom stereocenters. The summed E-state index contributed by atoms with van der Waals surface area (Å²) < 4.78 is 9.56. The van der Waals surface area contributed by atoms with E-state index < -0.39 is 23.9 Å². The van der Waals surface area contributed by atoms with Crippen LogP contribution in [0.25, 0.3) is 0 Å². The zero-order valence-corrected chi connectivity index (χ0v) is 15.0. The average molecular weight is 376 g/mol. The molecule has 0 atom stereocenters. The molecule has 0 bridgehead atoms. The Kier molecular flexibility index (Phi) is 6.64. The number of amides is 3. The Balaban J connectivity index is 2.13. The smallest absolute Gasteiger partial charge is 0.340 e. The quantitative estimate of drug-likeness (QED) is 0.420. The van der Waals surface area contributed by atoms with E-state index in [1.807, 2.05) is 0 Å². The first-order valence-corrected chi connectivity index (χ1v) is 8.49. The Labute approximate surface area is 155 Å². The van der Waals surface area contributed by atoms with Crippen LogP contribution in [0, 0.1) is 0 Å². The molecule has 9 nitrogen and oxygen atoms in total. The average Bonchev–Trinajstić information content (AvgIpc) is 2.98. The molecule has 0 spiro atoms. The topological polar surface area (TPSA) is 119 Å². The minimum atomic E-state index is -1.58. The van der Waals surface area contributed by atoms with E-state index in [2.05, 4.69) is 5.32 Å². The maximum absolute atomic E-state index is 12.4. The molecule has 144 valence electrons. The van der Waals surface area contributed by atoms with Gasteiger partial charge in [-0.3, -0.25) is 19.3 Å². The van der Waals surface area contributed by atoms with Gasteiger partial charge in [0, 0.05) is 18.4 Å². The fourth-order valence-corrected chi connectivity index (χ4v) is 2.51. The highest BCUT2D eigenvalue weighted by Crippen LogP contribution is 2.22. The lowest BCUT2D eigenvalue weighted by Crippen LogP contribution is -2.48. The maximum atomic E-state index is 12.4. The van der Waals surface area contributed by atoms with E-state index in [0.29, 0.717) is 5.69 Å². The molecule has 1 fully saturated rings. The Morgan fingerprint density at radius 2 is 1.44 bits per heavy atom. The van der Waals surface area contributed by atoms with Crippen molar-refractivity contribution in [1.82, 2.24) is 5.32 Å². The number of nitrogens with zero attached hydrogens (tertiary/aromatic N) is 1. The SMILES string of the molecule is CCOC(=O)C(NC(=O)c1ccc(N2C(=O)CCC2=O)cc1)C(=O)OCC. The van der Waals surface area contributed by atoms with Crippen molar-refractivity contribution in [3.8, 4) is 0 Å². The van der Waals surface area contributed by atoms with Crippen molar-refractivity contribution in [3.63, 3.8) is 0 Å². The molecule has 1 aromatic rings. The van der Waals surface area contributed by atoms with Gasteiger partial charge in [0.15, 0.2) is 0 Å². The van der Waals surface area contributed by atoms with Crippen molar-refractivity contribution in [1.29, 1.82) is 0 Å². The van der Waals surface area contributed by atoms with Crippen LogP contribution in [0.5, 0.6) is 0 Å². The van der Waals surface area contributed by atoms with Gasteiger partial charge in [-0.1, -0.05) is 0 Å². The number of carbonyl (C=O) groups excluding carboxylic acids is 5. The van der Waals surface area contributed by atoms with Crippen LogP contribution in [0.15, 0.2) is 24.3 Å². The van der Waals surface area contributed by atoms with E-state index in [4.69, 9.17) is 9.47 Å². The molecule has 9 heteroatoms. The first-order valence-electron chi connectivity index (χ1n) is 8.49. The van der Waals surface area contributed by atoms with Crippen LogP contribution >= 0.6 is 0 Å². The molecule has 1 saturated heterocycles. The van der Waals surface area contributed by atoms with Gasteiger partial charge in [0.25, 0.3) is 5.91 Å². The Morgan fingerprint density at radius 1 is 0.963 bits per heavy atom. The summed E-state index contributed by atoms with van der Waals surface area (Å²) in [5.41, 5.74) is 0.489. The number of benzene rings is 1. The van der Waals surface area contributed by atoms with Crippen LogP contribution < -0.4 is 10.2 Å². The Bertz CT molecular complexity index is 723. The number of ether oxygens (including phenoxy) is 2. The molecule has 0 aromatic heterocycles. The molecule has 1 aliphatic rings. The van der Waals surface area contributed by atoms with Crippen LogP contribution in [0.4, 0.5) is 5.69 Å². The summed E-state index contributed by atoms with van der Waals surface area (Å²) in [4.78, 5) is 60.7. The van der Waals surface area contributed by atoms with Crippen LogP contribution in [0.1, 0.15) is 37.0 Å². The molecule has 27 heavy (non-hydrogen) atoms. The maximum Gasteiger partial charge on any atom is 0.340 e. The molecule has 1 N–H and O–H groups in total. The highest BCUT2D eigenvalue weighted by atomic mass is 16.6. The van der Waals surface area contributed by atoms with Gasteiger partial charge in [-0.05, 0) is 38.1 Å². The van der Waals surface area contributed by atoms with Crippen LogP contribution in [0.3, 0.4) is 0 Å². The standard InChI is InChI=1S/C18H20N2O7/c1-3-26-17(24)15(18(25)27-4-2)19-16(23)11-5-7-12(8-6-11)20-13(21)9-10-14(20)22/h5-8,15H,3-4,9-10H2,1-2H3,(H,19,23). The molecular formula is C18H20N2O7. The number of esters is 2. The molecule has 3 amide bonds. The molecule has 1 heterocycles. The van der Waals surface area contributed by atoms with Crippen molar-refractivity contribution in [2.75, 3.05) is 18.1 Å². The summed E-state index contributed by atoms with van der Waals surface area (Å²) in [7, 11) is 0. The summed E-state index contributed by atoms with van der Waals surface area (Å²) in [6.07, 6.45) is 0.309. The largest absolute Gasteiger partial charge is 0.464 e. The van der Waals surface area contributed by atoms with Crippen molar-refractivity contribution < 1.29 is 33.4 Å². The molecule has 1 aromatic carbocycles. The molecular weight excluding hydrogens is 356 g/mol. The normalized spacial score (nSPS) is 13.7. The van der Waals surface area contributed by atoms with Gasteiger partial charge in [-0.15, -0.1) is 0 Å². The summed E-state index contributed by atoms with van der Waals surface area (Å²) in [6.45, 7) is 3.22. The third kappa shape index (κ3) is 4.69. The van der Waals surface area contributed by atoms with E-state index >= 15 is 0 Å². The highest BCUT2D eigenvalue weighted by Gasteiger charge is 2.32. The minimum Gasteiger partial charge on any atom is -0.464 e. The van der Waals surface area contributed by atoms with Gasteiger partial charge in [-0.2, -0.15) is 0 Å². The second kappa shape index (κ2) is 8.93. The van der Waals surface area contributed by atoms with Gasteiger partial charge in [-0.25, -0.2) is 9.59 Å². The highest BCUT2D eigenvalue weighted by molar-refractivity contribution is 6.19. The van der Waals surface area contributed by atoms with Crippen LogP contribution in [-0.2, 0) is 28.7 Å². The lowest BCUT2D eigenvalue weighted by molar-refractivity contribution is -0.157. The Hall–Kier alpha value is -3.23. The minimum absolute atomic E-state index is 0.0389. The third-order valence-corrected chi connectivity index (χ3v) is 3.76. The van der Waals surface area contributed by atoms with Gasteiger partial charge in [0.2, 0.25) is 17.9 Å². The fraction of sp³-hybridized carbons (Fsp3) is 0.389. The first-order chi connectivity index (χ1) is 12.9. The van der Waals surface area contributed by atoms with E-state index in [-0.39, 0.29) is 43.4 Å². The van der Waals surface area contributed by atoms with Crippen molar-refractivity contribution in [3.05, 3.63) is 29.8 Å². The van der Waals surface area contributed by atoms with Crippen molar-refractivity contribution in [2.45, 2.75) is 32.7 Å².